The summed E-state index contributed by atoms with van der Waals surface area (Å²) in [5.41, 5.74) is 4.60. The van der Waals surface area contributed by atoms with Crippen molar-refractivity contribution in [2.45, 2.75) is 6.54 Å². The molecule has 5 aromatic rings. The van der Waals surface area contributed by atoms with Crippen LogP contribution in [0.25, 0.3) is 33.7 Å². The predicted octanol–water partition coefficient (Wildman–Crippen LogP) is 4.56. The van der Waals surface area contributed by atoms with E-state index in [2.05, 4.69) is 4.98 Å². The number of benzene rings is 3. The number of aromatic nitrogens is 4. The summed E-state index contributed by atoms with van der Waals surface area (Å²) >= 11 is 0. The average molecular weight is 398 g/mol. The average Bonchev–Trinajstić information content (AvgIpc) is 3.37. The lowest BCUT2D eigenvalue weighted by Gasteiger charge is -2.10. The molecule has 2 aromatic heterocycles. The summed E-state index contributed by atoms with van der Waals surface area (Å²) in [6.45, 7) is 0.734. The van der Waals surface area contributed by atoms with Crippen molar-refractivity contribution < 1.29 is 13.9 Å². The molecule has 7 heteroatoms. The summed E-state index contributed by atoms with van der Waals surface area (Å²) in [6.07, 6.45) is 0. The third kappa shape index (κ3) is 2.75. The number of para-hydroxylation sites is 2. The predicted molar refractivity (Wildman–Crippen MR) is 110 cm³/mol. The lowest BCUT2D eigenvalue weighted by Crippen LogP contribution is -2.04. The molecule has 6 rings (SSSR count). The molecule has 0 spiro atoms. The second-order valence-electron chi connectivity index (χ2n) is 7.08. The monoisotopic (exact) mass is 398 g/mol. The molecular weight excluding hydrogens is 383 g/mol. The van der Waals surface area contributed by atoms with Crippen LogP contribution in [0.15, 0.2) is 66.7 Å². The molecule has 0 N–H and O–H groups in total. The highest BCUT2D eigenvalue weighted by Gasteiger charge is 2.18. The normalized spacial score (nSPS) is 12.7. The van der Waals surface area contributed by atoms with Crippen LogP contribution < -0.4 is 9.47 Å². The first-order valence-corrected chi connectivity index (χ1v) is 9.52. The van der Waals surface area contributed by atoms with Gasteiger partial charge in [0.1, 0.15) is 11.6 Å². The Morgan fingerprint density at radius 3 is 2.43 bits per heavy atom. The SMILES string of the molecule is Fc1ccc(-c2nc3nc4ccccc4nc3n2Cc2ccc3c(c2)OCO3)cc1. The van der Waals surface area contributed by atoms with E-state index in [9.17, 15) is 4.39 Å². The molecule has 0 radical (unpaired) electrons. The number of imidazole rings is 1. The summed E-state index contributed by atoms with van der Waals surface area (Å²) in [4.78, 5) is 14.2. The number of rotatable bonds is 3. The molecule has 0 aliphatic carbocycles. The fraction of sp³-hybridized carbons (Fsp3) is 0.0870. The Morgan fingerprint density at radius 1 is 0.833 bits per heavy atom. The fourth-order valence-electron chi connectivity index (χ4n) is 3.69. The van der Waals surface area contributed by atoms with E-state index in [1.807, 2.05) is 47.0 Å². The molecule has 0 atom stereocenters. The number of hydrogen-bond donors (Lipinski definition) is 0. The van der Waals surface area contributed by atoms with Gasteiger partial charge in [-0.3, -0.25) is 0 Å². The summed E-state index contributed by atoms with van der Waals surface area (Å²) in [6, 6.07) is 19.8. The van der Waals surface area contributed by atoms with E-state index in [0.717, 1.165) is 33.7 Å². The van der Waals surface area contributed by atoms with E-state index in [4.69, 9.17) is 19.4 Å². The minimum absolute atomic E-state index is 0.227. The number of fused-ring (bicyclic) bond motifs is 3. The van der Waals surface area contributed by atoms with E-state index in [0.29, 0.717) is 23.7 Å². The summed E-state index contributed by atoms with van der Waals surface area (Å²) in [5.74, 6) is 1.84. The van der Waals surface area contributed by atoms with Crippen LogP contribution in [0.2, 0.25) is 0 Å². The topological polar surface area (TPSA) is 62.1 Å². The van der Waals surface area contributed by atoms with Crippen molar-refractivity contribution in [2.75, 3.05) is 6.79 Å². The zero-order chi connectivity index (χ0) is 20.1. The van der Waals surface area contributed by atoms with Crippen LogP contribution in [0.3, 0.4) is 0 Å². The lowest BCUT2D eigenvalue weighted by atomic mass is 10.1. The largest absolute Gasteiger partial charge is 0.454 e. The van der Waals surface area contributed by atoms with Gasteiger partial charge in [0.05, 0.1) is 17.6 Å². The summed E-state index contributed by atoms with van der Waals surface area (Å²) in [5, 5.41) is 0. The molecule has 0 bridgehead atoms. The number of ether oxygens (including phenoxy) is 2. The Kier molecular flexibility index (Phi) is 3.67. The smallest absolute Gasteiger partial charge is 0.231 e. The maximum atomic E-state index is 13.5. The molecule has 30 heavy (non-hydrogen) atoms. The highest BCUT2D eigenvalue weighted by Crippen LogP contribution is 2.33. The van der Waals surface area contributed by atoms with E-state index < -0.39 is 0 Å². The van der Waals surface area contributed by atoms with Crippen LogP contribution in [-0.4, -0.2) is 26.3 Å². The maximum Gasteiger partial charge on any atom is 0.231 e. The highest BCUT2D eigenvalue weighted by atomic mass is 19.1. The first-order valence-electron chi connectivity index (χ1n) is 9.52. The van der Waals surface area contributed by atoms with Crippen molar-refractivity contribution in [3.05, 3.63) is 78.1 Å². The van der Waals surface area contributed by atoms with Crippen LogP contribution in [0.1, 0.15) is 5.56 Å². The quantitative estimate of drug-likeness (QED) is 0.446. The van der Waals surface area contributed by atoms with Crippen LogP contribution in [0.4, 0.5) is 4.39 Å². The first-order chi connectivity index (χ1) is 14.7. The van der Waals surface area contributed by atoms with Crippen molar-refractivity contribution in [1.29, 1.82) is 0 Å². The van der Waals surface area contributed by atoms with Gasteiger partial charge in [0.25, 0.3) is 0 Å². The molecule has 146 valence electrons. The molecule has 1 aliphatic heterocycles. The van der Waals surface area contributed by atoms with Gasteiger partial charge < -0.3 is 14.0 Å². The van der Waals surface area contributed by atoms with E-state index in [-0.39, 0.29) is 12.6 Å². The standard InChI is InChI=1S/C23H15FN4O2/c24-16-8-6-15(7-9-16)22-27-21-23(26-18-4-2-1-3-17(18)25-21)28(22)12-14-5-10-19-20(11-14)30-13-29-19/h1-11H,12-13H2. The summed E-state index contributed by atoms with van der Waals surface area (Å²) in [7, 11) is 0. The zero-order valence-electron chi connectivity index (χ0n) is 15.7. The Bertz CT molecular complexity index is 1410. The van der Waals surface area contributed by atoms with Crippen molar-refractivity contribution >= 4 is 22.3 Å². The second kappa shape index (κ2) is 6.52. The Labute approximate surface area is 170 Å². The molecule has 1 aliphatic rings. The molecular formula is C23H15FN4O2. The number of halogens is 1. The molecule has 0 saturated heterocycles. The van der Waals surface area contributed by atoms with Gasteiger partial charge in [0.15, 0.2) is 22.8 Å². The van der Waals surface area contributed by atoms with Crippen LogP contribution in [-0.2, 0) is 6.54 Å². The Hall–Kier alpha value is -4.00. The molecule has 0 unspecified atom stereocenters. The fourth-order valence-corrected chi connectivity index (χ4v) is 3.69. The Morgan fingerprint density at radius 2 is 1.60 bits per heavy atom. The van der Waals surface area contributed by atoms with Crippen LogP contribution in [0, 0.1) is 5.82 Å². The van der Waals surface area contributed by atoms with E-state index in [1.54, 1.807) is 12.1 Å². The molecule has 3 aromatic carbocycles. The highest BCUT2D eigenvalue weighted by molar-refractivity contribution is 5.85. The van der Waals surface area contributed by atoms with Gasteiger partial charge in [-0.1, -0.05) is 18.2 Å². The minimum Gasteiger partial charge on any atom is -0.454 e. The number of hydrogen-bond acceptors (Lipinski definition) is 5. The lowest BCUT2D eigenvalue weighted by molar-refractivity contribution is 0.174. The number of nitrogens with zero attached hydrogens (tertiary/aromatic N) is 4. The van der Waals surface area contributed by atoms with Crippen molar-refractivity contribution in [3.63, 3.8) is 0 Å². The van der Waals surface area contributed by atoms with Gasteiger partial charge in [-0.25, -0.2) is 19.3 Å². The molecule has 0 fully saturated rings. The molecule has 0 amide bonds. The van der Waals surface area contributed by atoms with Crippen molar-refractivity contribution in [1.82, 2.24) is 19.5 Å². The van der Waals surface area contributed by atoms with E-state index >= 15 is 0 Å². The Balaban J connectivity index is 1.56. The first kappa shape index (κ1) is 16.9. The van der Waals surface area contributed by atoms with Crippen molar-refractivity contribution in [2.24, 2.45) is 0 Å². The van der Waals surface area contributed by atoms with E-state index in [1.165, 1.54) is 12.1 Å². The van der Waals surface area contributed by atoms with Crippen molar-refractivity contribution in [3.8, 4) is 22.9 Å². The second-order valence-corrected chi connectivity index (χ2v) is 7.08. The van der Waals surface area contributed by atoms with Crippen LogP contribution >= 0.6 is 0 Å². The van der Waals surface area contributed by atoms with Gasteiger partial charge in [-0.05, 0) is 54.1 Å². The molecule has 0 saturated carbocycles. The van der Waals surface area contributed by atoms with Gasteiger partial charge in [-0.2, -0.15) is 0 Å². The van der Waals surface area contributed by atoms with Gasteiger partial charge in [0, 0.05) is 5.56 Å². The molecule has 6 nitrogen and oxygen atoms in total. The minimum atomic E-state index is -0.292. The van der Waals surface area contributed by atoms with Gasteiger partial charge in [0.2, 0.25) is 6.79 Å². The van der Waals surface area contributed by atoms with Gasteiger partial charge in [-0.15, -0.1) is 0 Å². The zero-order valence-corrected chi connectivity index (χ0v) is 15.7. The molecule has 3 heterocycles. The maximum absolute atomic E-state index is 13.5. The van der Waals surface area contributed by atoms with Gasteiger partial charge >= 0.3 is 0 Å². The third-order valence-corrected chi connectivity index (χ3v) is 5.14. The van der Waals surface area contributed by atoms with Crippen LogP contribution in [0.5, 0.6) is 11.5 Å². The third-order valence-electron chi connectivity index (χ3n) is 5.14. The summed E-state index contributed by atoms with van der Waals surface area (Å²) < 4.78 is 26.4.